The number of aliphatic imine (C=N–C) groups is 1. The molecular formula is C17H27N3OS. The van der Waals surface area contributed by atoms with E-state index in [1.165, 1.54) is 29.9 Å². The van der Waals surface area contributed by atoms with Gasteiger partial charge in [0.05, 0.1) is 6.61 Å². The zero-order valence-electron chi connectivity index (χ0n) is 13.6. The summed E-state index contributed by atoms with van der Waals surface area (Å²) in [6, 6.07) is 8.68. The van der Waals surface area contributed by atoms with E-state index in [1.54, 1.807) is 0 Å². The minimum atomic E-state index is 0.549. The van der Waals surface area contributed by atoms with Crippen LogP contribution >= 0.6 is 11.8 Å². The Morgan fingerprint density at radius 2 is 2.27 bits per heavy atom. The van der Waals surface area contributed by atoms with Crippen molar-refractivity contribution in [3.8, 4) is 5.75 Å². The molecule has 0 aromatic heterocycles. The Morgan fingerprint density at radius 3 is 3.00 bits per heavy atom. The van der Waals surface area contributed by atoms with Crippen LogP contribution in [0.15, 0.2) is 29.3 Å². The number of aryl methyl sites for hydroxylation is 1. The summed E-state index contributed by atoms with van der Waals surface area (Å²) < 4.78 is 5.80. The smallest absolute Gasteiger partial charge is 0.191 e. The molecule has 0 aliphatic carbocycles. The fraction of sp³-hybridized carbons (Fsp3) is 0.588. The van der Waals surface area contributed by atoms with E-state index in [0.29, 0.717) is 12.6 Å². The molecule has 1 aliphatic heterocycles. The van der Waals surface area contributed by atoms with Gasteiger partial charge in [-0.25, -0.2) is 0 Å². The van der Waals surface area contributed by atoms with E-state index in [1.807, 2.05) is 37.0 Å². The summed E-state index contributed by atoms with van der Waals surface area (Å²) in [7, 11) is 1.83. The van der Waals surface area contributed by atoms with E-state index in [9.17, 15) is 0 Å². The fourth-order valence-corrected chi connectivity index (χ4v) is 3.49. The van der Waals surface area contributed by atoms with E-state index >= 15 is 0 Å². The molecular weight excluding hydrogens is 294 g/mol. The number of ether oxygens (including phenoxy) is 1. The minimum absolute atomic E-state index is 0.549. The maximum absolute atomic E-state index is 5.80. The van der Waals surface area contributed by atoms with Gasteiger partial charge in [-0.15, -0.1) is 0 Å². The van der Waals surface area contributed by atoms with Gasteiger partial charge < -0.3 is 15.4 Å². The molecule has 0 saturated carbocycles. The molecule has 1 heterocycles. The van der Waals surface area contributed by atoms with Gasteiger partial charge in [0.15, 0.2) is 5.96 Å². The Morgan fingerprint density at radius 1 is 1.41 bits per heavy atom. The highest BCUT2D eigenvalue weighted by molar-refractivity contribution is 7.99. The lowest BCUT2D eigenvalue weighted by Crippen LogP contribution is -2.45. The average Bonchev–Trinajstić information content (AvgIpc) is 2.56. The van der Waals surface area contributed by atoms with Crippen LogP contribution in [0.25, 0.3) is 0 Å². The molecule has 5 heteroatoms. The van der Waals surface area contributed by atoms with Crippen molar-refractivity contribution in [2.45, 2.75) is 32.2 Å². The molecule has 0 radical (unpaired) electrons. The lowest BCUT2D eigenvalue weighted by molar-refractivity contribution is 0.309. The lowest BCUT2D eigenvalue weighted by Gasteiger charge is -2.24. The number of rotatable bonds is 6. The van der Waals surface area contributed by atoms with Crippen LogP contribution in [0, 0.1) is 6.92 Å². The third-order valence-corrected chi connectivity index (χ3v) is 4.90. The monoisotopic (exact) mass is 321 g/mol. The highest BCUT2D eigenvalue weighted by Crippen LogP contribution is 2.17. The van der Waals surface area contributed by atoms with Crippen LogP contribution in [-0.2, 0) is 0 Å². The molecule has 1 atom stereocenters. The second kappa shape index (κ2) is 9.62. The van der Waals surface area contributed by atoms with E-state index in [0.717, 1.165) is 24.7 Å². The average molecular weight is 321 g/mol. The van der Waals surface area contributed by atoms with Gasteiger partial charge in [0.2, 0.25) is 0 Å². The number of guanidine groups is 1. The number of para-hydroxylation sites is 1. The fourth-order valence-electron chi connectivity index (χ4n) is 2.42. The predicted molar refractivity (Wildman–Crippen MR) is 96.1 cm³/mol. The van der Waals surface area contributed by atoms with Gasteiger partial charge in [0, 0.05) is 25.4 Å². The van der Waals surface area contributed by atoms with Crippen molar-refractivity contribution in [1.29, 1.82) is 0 Å². The number of nitrogens with zero attached hydrogens (tertiary/aromatic N) is 1. The van der Waals surface area contributed by atoms with E-state index in [-0.39, 0.29) is 0 Å². The molecule has 0 bridgehead atoms. The lowest BCUT2D eigenvalue weighted by atomic mass is 10.2. The van der Waals surface area contributed by atoms with Crippen LogP contribution in [0.5, 0.6) is 5.75 Å². The maximum Gasteiger partial charge on any atom is 0.191 e. The maximum atomic E-state index is 5.80. The molecule has 2 N–H and O–H groups in total. The number of hydrogen-bond acceptors (Lipinski definition) is 3. The third kappa shape index (κ3) is 5.79. The van der Waals surface area contributed by atoms with Crippen molar-refractivity contribution >= 4 is 17.7 Å². The summed E-state index contributed by atoms with van der Waals surface area (Å²) in [6.07, 6.45) is 3.49. The number of thioether (sulfide) groups is 1. The molecule has 2 rings (SSSR count). The number of benzene rings is 1. The standard InChI is InChI=1S/C17H27N3OS/c1-14-7-3-4-9-16(14)21-11-6-10-19-17(18-2)20-15-8-5-12-22-13-15/h3-4,7,9,15H,5-6,8,10-13H2,1-2H3,(H2,18,19,20). The Hall–Kier alpha value is -1.36. The zero-order valence-corrected chi connectivity index (χ0v) is 14.4. The Bertz CT molecular complexity index is 473. The van der Waals surface area contributed by atoms with Crippen molar-refractivity contribution in [2.75, 3.05) is 31.7 Å². The molecule has 1 unspecified atom stereocenters. The minimum Gasteiger partial charge on any atom is -0.493 e. The van der Waals surface area contributed by atoms with E-state index < -0.39 is 0 Å². The van der Waals surface area contributed by atoms with Gasteiger partial charge in [0.25, 0.3) is 0 Å². The van der Waals surface area contributed by atoms with Crippen LogP contribution in [0.4, 0.5) is 0 Å². The molecule has 1 fully saturated rings. The van der Waals surface area contributed by atoms with Crippen LogP contribution in [0.2, 0.25) is 0 Å². The van der Waals surface area contributed by atoms with E-state index in [2.05, 4.69) is 28.6 Å². The first-order valence-corrected chi connectivity index (χ1v) is 9.18. The third-order valence-electron chi connectivity index (χ3n) is 3.69. The summed E-state index contributed by atoms with van der Waals surface area (Å²) in [5, 5.41) is 6.87. The first-order chi connectivity index (χ1) is 10.8. The predicted octanol–water partition coefficient (Wildman–Crippen LogP) is 2.82. The highest BCUT2D eigenvalue weighted by Gasteiger charge is 2.14. The Balaban J connectivity index is 1.61. The summed E-state index contributed by atoms with van der Waals surface area (Å²) in [4.78, 5) is 4.30. The quantitative estimate of drug-likeness (QED) is 0.480. The van der Waals surface area contributed by atoms with Crippen molar-refractivity contribution in [3.63, 3.8) is 0 Å². The topological polar surface area (TPSA) is 45.7 Å². The molecule has 22 heavy (non-hydrogen) atoms. The summed E-state index contributed by atoms with van der Waals surface area (Å²) in [5.74, 6) is 4.35. The van der Waals surface area contributed by atoms with Crippen LogP contribution in [-0.4, -0.2) is 43.7 Å². The van der Waals surface area contributed by atoms with Gasteiger partial charge in [-0.2, -0.15) is 11.8 Å². The molecule has 0 spiro atoms. The zero-order chi connectivity index (χ0) is 15.6. The molecule has 1 aromatic rings. The first kappa shape index (κ1) is 17.0. The van der Waals surface area contributed by atoms with Gasteiger partial charge in [0.1, 0.15) is 5.75 Å². The van der Waals surface area contributed by atoms with Crippen molar-refractivity contribution in [1.82, 2.24) is 10.6 Å². The van der Waals surface area contributed by atoms with Gasteiger partial charge >= 0.3 is 0 Å². The second-order valence-electron chi connectivity index (χ2n) is 5.52. The molecule has 4 nitrogen and oxygen atoms in total. The first-order valence-electron chi connectivity index (χ1n) is 8.03. The second-order valence-corrected chi connectivity index (χ2v) is 6.67. The van der Waals surface area contributed by atoms with Crippen LogP contribution < -0.4 is 15.4 Å². The Labute approximate surface area is 138 Å². The van der Waals surface area contributed by atoms with Gasteiger partial charge in [-0.3, -0.25) is 4.99 Å². The van der Waals surface area contributed by atoms with Gasteiger partial charge in [-0.05, 0) is 43.6 Å². The van der Waals surface area contributed by atoms with Crippen molar-refractivity contribution in [3.05, 3.63) is 29.8 Å². The van der Waals surface area contributed by atoms with Crippen LogP contribution in [0.1, 0.15) is 24.8 Å². The summed E-state index contributed by atoms with van der Waals surface area (Å²) >= 11 is 2.02. The number of nitrogens with one attached hydrogen (secondary N) is 2. The van der Waals surface area contributed by atoms with Crippen molar-refractivity contribution in [2.24, 2.45) is 4.99 Å². The number of hydrogen-bond donors (Lipinski definition) is 2. The van der Waals surface area contributed by atoms with Crippen molar-refractivity contribution < 1.29 is 4.74 Å². The summed E-state index contributed by atoms with van der Waals surface area (Å²) in [5.41, 5.74) is 1.18. The van der Waals surface area contributed by atoms with E-state index in [4.69, 9.17) is 4.74 Å². The molecule has 1 aromatic carbocycles. The normalized spacial score (nSPS) is 18.8. The molecule has 1 saturated heterocycles. The summed E-state index contributed by atoms with van der Waals surface area (Å²) in [6.45, 7) is 3.65. The largest absolute Gasteiger partial charge is 0.493 e. The SMILES string of the molecule is CN=C(NCCCOc1ccccc1C)NC1CCCSC1. The highest BCUT2D eigenvalue weighted by atomic mass is 32.2. The Kier molecular flexibility index (Phi) is 7.43. The molecule has 0 amide bonds. The molecule has 122 valence electrons. The molecule has 1 aliphatic rings. The van der Waals surface area contributed by atoms with Crippen LogP contribution in [0.3, 0.4) is 0 Å². The van der Waals surface area contributed by atoms with Gasteiger partial charge in [-0.1, -0.05) is 18.2 Å².